The van der Waals surface area contributed by atoms with Crippen LogP contribution >= 0.6 is 11.8 Å². The lowest BCUT2D eigenvalue weighted by Gasteiger charge is -2.13. The maximum Gasteiger partial charge on any atom is 0.335 e. The lowest BCUT2D eigenvalue weighted by Crippen LogP contribution is -2.32. The molecule has 0 unspecified atom stereocenters. The number of para-hydroxylation sites is 1. The van der Waals surface area contributed by atoms with E-state index in [4.69, 9.17) is 5.11 Å². The Hall–Kier alpha value is -3.13. The van der Waals surface area contributed by atoms with Gasteiger partial charge in [-0.05, 0) is 42.1 Å². The first-order valence-corrected chi connectivity index (χ1v) is 8.56. The van der Waals surface area contributed by atoms with Gasteiger partial charge in [-0.15, -0.1) is 0 Å². The van der Waals surface area contributed by atoms with Crippen molar-refractivity contribution in [3.8, 4) is 0 Å². The van der Waals surface area contributed by atoms with Gasteiger partial charge in [-0.2, -0.15) is 0 Å². The number of carbonyl (C=O) groups is 4. The number of carbonyl (C=O) groups excluding carboxylic acids is 3. The zero-order valence-electron chi connectivity index (χ0n) is 13.4. The Kier molecular flexibility index (Phi) is 5.04. The fourth-order valence-electron chi connectivity index (χ4n) is 2.51. The summed E-state index contributed by atoms with van der Waals surface area (Å²) in [5, 5.41) is 10.3. The highest BCUT2D eigenvalue weighted by Gasteiger charge is 2.41. The number of hydrogen-bond acceptors (Lipinski definition) is 5. The predicted octanol–water partition coefficient (Wildman–Crippen LogP) is 2.98. The molecule has 1 aliphatic rings. The number of aromatic carboxylic acids is 1. The van der Waals surface area contributed by atoms with E-state index in [1.165, 1.54) is 18.2 Å². The molecule has 1 saturated heterocycles. The molecular formula is C18H14N2O5S. The summed E-state index contributed by atoms with van der Waals surface area (Å²) in [5.74, 6) is -2.02. The molecule has 8 heteroatoms. The molecule has 2 aromatic rings. The number of imide groups is 1. The number of anilines is 2. The van der Waals surface area contributed by atoms with Crippen molar-refractivity contribution in [3.05, 3.63) is 60.2 Å². The van der Waals surface area contributed by atoms with Crippen molar-refractivity contribution in [2.45, 2.75) is 11.7 Å². The molecule has 2 N–H and O–H groups in total. The molecule has 0 spiro atoms. The number of amides is 3. The second-order valence-corrected chi connectivity index (χ2v) is 6.67. The van der Waals surface area contributed by atoms with Gasteiger partial charge in [0, 0.05) is 12.1 Å². The second-order valence-electron chi connectivity index (χ2n) is 5.52. The van der Waals surface area contributed by atoms with Crippen LogP contribution in [0.15, 0.2) is 54.6 Å². The van der Waals surface area contributed by atoms with Crippen LogP contribution < -0.4 is 10.2 Å². The number of carboxylic acid groups (broad SMARTS) is 1. The average Bonchev–Trinajstić information content (AvgIpc) is 2.89. The van der Waals surface area contributed by atoms with Crippen LogP contribution in [0.1, 0.15) is 16.8 Å². The summed E-state index contributed by atoms with van der Waals surface area (Å²) in [6.07, 6.45) is -0.185. The van der Waals surface area contributed by atoms with Crippen LogP contribution in [0.5, 0.6) is 0 Å². The van der Waals surface area contributed by atoms with Gasteiger partial charge in [0.1, 0.15) is 5.25 Å². The molecule has 2 aromatic carbocycles. The molecular weight excluding hydrogens is 356 g/mol. The van der Waals surface area contributed by atoms with Gasteiger partial charge < -0.3 is 10.4 Å². The molecule has 0 aliphatic carbocycles. The lowest BCUT2D eigenvalue weighted by atomic mass is 10.2. The monoisotopic (exact) mass is 370 g/mol. The molecule has 0 saturated carbocycles. The molecule has 132 valence electrons. The highest BCUT2D eigenvalue weighted by atomic mass is 32.2. The number of carboxylic acids is 1. The number of benzene rings is 2. The number of rotatable bonds is 5. The standard InChI is InChI=1S/C18H14N2O5S/c21-15(19-12-6-4-5-11(9-12)17(23)24)10-14-16(22)20(18(25)26-14)13-7-2-1-3-8-13/h1-9,14H,10H2,(H,19,21)(H,23,24)/t14-/m1/s1. The normalized spacial score (nSPS) is 16.6. The summed E-state index contributed by atoms with van der Waals surface area (Å²) in [5.41, 5.74) is 0.822. The van der Waals surface area contributed by atoms with Gasteiger partial charge in [0.2, 0.25) is 11.8 Å². The van der Waals surface area contributed by atoms with Crippen molar-refractivity contribution < 1.29 is 24.3 Å². The Morgan fingerprint density at radius 3 is 2.50 bits per heavy atom. The average molecular weight is 370 g/mol. The summed E-state index contributed by atoms with van der Waals surface area (Å²) in [4.78, 5) is 48.8. The zero-order valence-corrected chi connectivity index (χ0v) is 14.2. The number of nitrogens with one attached hydrogen (secondary N) is 1. The molecule has 0 aromatic heterocycles. The summed E-state index contributed by atoms with van der Waals surface area (Å²) in [6, 6.07) is 14.3. The molecule has 0 radical (unpaired) electrons. The third-order valence-electron chi connectivity index (χ3n) is 3.70. The van der Waals surface area contributed by atoms with Gasteiger partial charge in [0.15, 0.2) is 0 Å². The lowest BCUT2D eigenvalue weighted by molar-refractivity contribution is -0.121. The van der Waals surface area contributed by atoms with Crippen LogP contribution in [0, 0.1) is 0 Å². The van der Waals surface area contributed by atoms with Crippen molar-refractivity contribution in [1.82, 2.24) is 0 Å². The minimum atomic E-state index is -1.10. The van der Waals surface area contributed by atoms with Crippen molar-refractivity contribution in [3.63, 3.8) is 0 Å². The molecule has 7 nitrogen and oxygen atoms in total. The summed E-state index contributed by atoms with van der Waals surface area (Å²) >= 11 is 0.806. The summed E-state index contributed by atoms with van der Waals surface area (Å²) in [6.45, 7) is 0. The SMILES string of the molecule is O=C(C[C@H]1SC(=O)N(c2ccccc2)C1=O)Nc1cccc(C(=O)O)c1. The van der Waals surface area contributed by atoms with Crippen molar-refractivity contribution in [2.24, 2.45) is 0 Å². The first-order valence-electron chi connectivity index (χ1n) is 7.68. The fourth-order valence-corrected chi connectivity index (χ4v) is 3.49. The number of thioether (sulfide) groups is 1. The van der Waals surface area contributed by atoms with Crippen LogP contribution in [0.4, 0.5) is 16.2 Å². The first kappa shape index (κ1) is 17.7. The van der Waals surface area contributed by atoms with E-state index in [-0.39, 0.29) is 12.0 Å². The fraction of sp³-hybridized carbons (Fsp3) is 0.111. The largest absolute Gasteiger partial charge is 0.478 e. The second kappa shape index (κ2) is 7.40. The van der Waals surface area contributed by atoms with Gasteiger partial charge in [-0.3, -0.25) is 14.4 Å². The maximum absolute atomic E-state index is 12.5. The molecule has 0 bridgehead atoms. The maximum atomic E-state index is 12.5. The molecule has 3 amide bonds. The van der Waals surface area contributed by atoms with Crippen molar-refractivity contribution >= 4 is 46.2 Å². The molecule has 1 atom stereocenters. The highest BCUT2D eigenvalue weighted by molar-refractivity contribution is 8.15. The van der Waals surface area contributed by atoms with E-state index < -0.39 is 28.3 Å². The zero-order chi connectivity index (χ0) is 18.7. The van der Waals surface area contributed by atoms with E-state index >= 15 is 0 Å². The van der Waals surface area contributed by atoms with E-state index in [0.29, 0.717) is 11.4 Å². The van der Waals surface area contributed by atoms with Gasteiger partial charge in [-0.1, -0.05) is 24.3 Å². The Morgan fingerprint density at radius 1 is 1.08 bits per heavy atom. The third-order valence-corrected chi connectivity index (χ3v) is 4.74. The van der Waals surface area contributed by atoms with E-state index in [2.05, 4.69) is 5.32 Å². The van der Waals surface area contributed by atoms with Gasteiger partial charge in [0.05, 0.1) is 11.3 Å². The van der Waals surface area contributed by atoms with Crippen LogP contribution in [-0.2, 0) is 9.59 Å². The van der Waals surface area contributed by atoms with Crippen LogP contribution in [-0.4, -0.2) is 33.4 Å². The quantitative estimate of drug-likeness (QED) is 0.839. The molecule has 26 heavy (non-hydrogen) atoms. The Bertz CT molecular complexity index is 884. The Balaban J connectivity index is 1.67. The molecule has 3 rings (SSSR count). The molecule has 1 fully saturated rings. The van der Waals surface area contributed by atoms with Gasteiger partial charge >= 0.3 is 5.97 Å². The van der Waals surface area contributed by atoms with Gasteiger partial charge in [-0.25, -0.2) is 9.69 Å². The molecule has 1 aliphatic heterocycles. The smallest absolute Gasteiger partial charge is 0.335 e. The van der Waals surface area contributed by atoms with Crippen LogP contribution in [0.3, 0.4) is 0 Å². The van der Waals surface area contributed by atoms with E-state index in [1.807, 2.05) is 0 Å². The van der Waals surface area contributed by atoms with Crippen molar-refractivity contribution in [1.29, 1.82) is 0 Å². The molecule has 1 heterocycles. The highest BCUT2D eigenvalue weighted by Crippen LogP contribution is 2.33. The predicted molar refractivity (Wildman–Crippen MR) is 97.4 cm³/mol. The first-order chi connectivity index (χ1) is 12.5. The summed E-state index contributed by atoms with van der Waals surface area (Å²) < 4.78 is 0. The summed E-state index contributed by atoms with van der Waals surface area (Å²) in [7, 11) is 0. The minimum Gasteiger partial charge on any atom is -0.478 e. The van der Waals surface area contributed by atoms with Crippen LogP contribution in [0.25, 0.3) is 0 Å². The number of nitrogens with zero attached hydrogens (tertiary/aromatic N) is 1. The number of hydrogen-bond donors (Lipinski definition) is 2. The minimum absolute atomic E-state index is 0.0412. The van der Waals surface area contributed by atoms with E-state index in [0.717, 1.165) is 16.7 Å². The van der Waals surface area contributed by atoms with E-state index in [9.17, 15) is 19.2 Å². The Labute approximate surface area is 153 Å². The van der Waals surface area contributed by atoms with E-state index in [1.54, 1.807) is 36.4 Å². The van der Waals surface area contributed by atoms with Crippen molar-refractivity contribution in [2.75, 3.05) is 10.2 Å². The Morgan fingerprint density at radius 2 is 1.81 bits per heavy atom. The topological polar surface area (TPSA) is 104 Å². The van der Waals surface area contributed by atoms with Crippen LogP contribution in [0.2, 0.25) is 0 Å². The van der Waals surface area contributed by atoms with Gasteiger partial charge in [0.25, 0.3) is 5.24 Å². The third kappa shape index (κ3) is 3.75.